The first-order valence-electron chi connectivity index (χ1n) is 7.10. The summed E-state index contributed by atoms with van der Waals surface area (Å²) in [6, 6.07) is -0.634. The van der Waals surface area contributed by atoms with Crippen LogP contribution < -0.4 is 5.32 Å². The highest BCUT2D eigenvalue weighted by Crippen LogP contribution is 2.47. The fraction of sp³-hybridized carbons (Fsp3) is 0.667. The Labute approximate surface area is 124 Å². The van der Waals surface area contributed by atoms with Gasteiger partial charge in [-0.3, -0.25) is 9.48 Å². The number of carbonyl (C=O) groups is 2. The van der Waals surface area contributed by atoms with Crippen molar-refractivity contribution in [2.45, 2.75) is 39.2 Å². The van der Waals surface area contributed by atoms with Crippen LogP contribution >= 0.6 is 0 Å². The van der Waals surface area contributed by atoms with Crippen molar-refractivity contribution >= 4 is 11.9 Å². The zero-order valence-corrected chi connectivity index (χ0v) is 13.2. The summed E-state index contributed by atoms with van der Waals surface area (Å²) >= 11 is 0. The van der Waals surface area contributed by atoms with Gasteiger partial charge in [-0.2, -0.15) is 5.10 Å². The van der Waals surface area contributed by atoms with Crippen LogP contribution in [-0.4, -0.2) is 34.8 Å². The number of aromatic nitrogens is 2. The van der Waals surface area contributed by atoms with Crippen LogP contribution in [0, 0.1) is 11.3 Å². The summed E-state index contributed by atoms with van der Waals surface area (Å²) in [6.45, 7) is 5.71. The molecule has 0 unspecified atom stereocenters. The van der Waals surface area contributed by atoms with Crippen LogP contribution in [0.1, 0.15) is 38.7 Å². The number of esters is 1. The molecule has 0 aliphatic heterocycles. The molecule has 2 rings (SSSR count). The van der Waals surface area contributed by atoms with Crippen LogP contribution in [0.4, 0.5) is 0 Å². The Morgan fingerprint density at radius 2 is 2.14 bits per heavy atom. The topological polar surface area (TPSA) is 73.2 Å². The minimum atomic E-state index is -0.634. The largest absolute Gasteiger partial charge is 0.467 e. The number of rotatable bonds is 4. The maximum absolute atomic E-state index is 12.3. The van der Waals surface area contributed by atoms with E-state index in [1.807, 2.05) is 34.0 Å². The van der Waals surface area contributed by atoms with Gasteiger partial charge in [-0.05, 0) is 23.3 Å². The maximum Gasteiger partial charge on any atom is 0.328 e. The minimum absolute atomic E-state index is 0.0799. The molecule has 0 spiro atoms. The number of nitrogens with one attached hydrogen (secondary N) is 1. The third-order valence-corrected chi connectivity index (χ3v) is 3.87. The van der Waals surface area contributed by atoms with E-state index in [9.17, 15) is 9.59 Å². The summed E-state index contributed by atoms with van der Waals surface area (Å²) in [5, 5.41) is 6.96. The molecule has 1 saturated carbocycles. The van der Waals surface area contributed by atoms with Gasteiger partial charge in [0.25, 0.3) is 0 Å². The predicted molar refractivity (Wildman–Crippen MR) is 77.5 cm³/mol. The molecule has 3 atom stereocenters. The highest BCUT2D eigenvalue weighted by molar-refractivity contribution is 5.88. The van der Waals surface area contributed by atoms with Crippen molar-refractivity contribution < 1.29 is 14.3 Å². The van der Waals surface area contributed by atoms with Crippen LogP contribution in [-0.2, 0) is 21.4 Å². The van der Waals surface area contributed by atoms with Crippen molar-refractivity contribution in [3.63, 3.8) is 0 Å². The van der Waals surface area contributed by atoms with Crippen molar-refractivity contribution in [2.24, 2.45) is 18.4 Å². The van der Waals surface area contributed by atoms with Crippen LogP contribution in [0.3, 0.4) is 0 Å². The molecule has 116 valence electrons. The third kappa shape index (κ3) is 3.43. The monoisotopic (exact) mass is 293 g/mol. The molecule has 0 saturated heterocycles. The van der Waals surface area contributed by atoms with Gasteiger partial charge in [0.1, 0.15) is 6.04 Å². The molecule has 1 heterocycles. The average Bonchev–Trinajstić information content (AvgIpc) is 3.09. The van der Waals surface area contributed by atoms with Gasteiger partial charge in [-0.25, -0.2) is 4.79 Å². The summed E-state index contributed by atoms with van der Waals surface area (Å²) < 4.78 is 6.52. The number of hydrogen-bond acceptors (Lipinski definition) is 4. The van der Waals surface area contributed by atoms with Crippen LogP contribution in [0.2, 0.25) is 0 Å². The van der Waals surface area contributed by atoms with Gasteiger partial charge in [0.05, 0.1) is 13.3 Å². The van der Waals surface area contributed by atoms with E-state index in [1.54, 1.807) is 10.9 Å². The molecule has 0 bridgehead atoms. The molecule has 21 heavy (non-hydrogen) atoms. The second-order valence-electron chi connectivity index (χ2n) is 6.73. The van der Waals surface area contributed by atoms with E-state index < -0.39 is 12.0 Å². The van der Waals surface area contributed by atoms with E-state index in [1.165, 1.54) is 7.11 Å². The molecule has 1 fully saturated rings. The molecule has 0 radical (unpaired) electrons. The van der Waals surface area contributed by atoms with Crippen molar-refractivity contribution in [3.05, 3.63) is 18.0 Å². The van der Waals surface area contributed by atoms with Crippen LogP contribution in [0.25, 0.3) is 0 Å². The van der Waals surface area contributed by atoms with E-state index in [0.717, 1.165) is 12.0 Å². The molecule has 1 aliphatic carbocycles. The predicted octanol–water partition coefficient (Wildman–Crippen LogP) is 1.23. The minimum Gasteiger partial charge on any atom is -0.467 e. The van der Waals surface area contributed by atoms with E-state index in [-0.39, 0.29) is 23.2 Å². The number of carbonyl (C=O) groups excluding carboxylic acids is 2. The lowest BCUT2D eigenvalue weighted by Gasteiger charge is -2.29. The Morgan fingerprint density at radius 3 is 2.62 bits per heavy atom. The number of aryl methyl sites for hydroxylation is 1. The molecule has 1 amide bonds. The first kappa shape index (κ1) is 15.5. The lowest BCUT2D eigenvalue weighted by Crippen LogP contribution is -2.50. The van der Waals surface area contributed by atoms with Crippen molar-refractivity contribution in [2.75, 3.05) is 7.11 Å². The van der Waals surface area contributed by atoms with Crippen LogP contribution in [0.5, 0.6) is 0 Å². The van der Waals surface area contributed by atoms with Crippen LogP contribution in [0.15, 0.2) is 12.4 Å². The highest BCUT2D eigenvalue weighted by Gasteiger charge is 2.46. The summed E-state index contributed by atoms with van der Waals surface area (Å²) in [6.07, 6.45) is 4.52. The molecule has 6 nitrogen and oxygen atoms in total. The summed E-state index contributed by atoms with van der Waals surface area (Å²) in [5.74, 6) is -0.371. The molecular weight excluding hydrogens is 270 g/mol. The van der Waals surface area contributed by atoms with Crippen molar-refractivity contribution in [1.29, 1.82) is 0 Å². The zero-order chi connectivity index (χ0) is 15.8. The van der Waals surface area contributed by atoms with Gasteiger partial charge < -0.3 is 10.1 Å². The average molecular weight is 293 g/mol. The lowest BCUT2D eigenvalue weighted by molar-refractivity contribution is -0.148. The third-order valence-electron chi connectivity index (χ3n) is 3.87. The Balaban J connectivity index is 2.00. The SMILES string of the molecule is COC(=O)[C@H](NC(=O)[C@H]1C[C@H]1c1cnn(C)c1)C(C)(C)C. The summed E-state index contributed by atoms with van der Waals surface area (Å²) in [5.41, 5.74) is 0.685. The molecular formula is C15H23N3O3. The van der Waals surface area contributed by atoms with E-state index >= 15 is 0 Å². The summed E-state index contributed by atoms with van der Waals surface area (Å²) in [4.78, 5) is 24.2. The van der Waals surface area contributed by atoms with Crippen molar-refractivity contribution in [1.82, 2.24) is 15.1 Å². The van der Waals surface area contributed by atoms with Gasteiger partial charge in [-0.15, -0.1) is 0 Å². The van der Waals surface area contributed by atoms with Gasteiger partial charge in [0.2, 0.25) is 5.91 Å². The zero-order valence-electron chi connectivity index (χ0n) is 13.2. The number of ether oxygens (including phenoxy) is 1. The Kier molecular flexibility index (Phi) is 4.07. The van der Waals surface area contributed by atoms with Gasteiger partial charge in [0, 0.05) is 19.2 Å². The molecule has 1 aromatic rings. The van der Waals surface area contributed by atoms with Crippen molar-refractivity contribution in [3.8, 4) is 0 Å². The molecule has 1 N–H and O–H groups in total. The summed E-state index contributed by atoms with van der Waals surface area (Å²) in [7, 11) is 3.19. The van der Waals surface area contributed by atoms with E-state index in [2.05, 4.69) is 10.4 Å². The number of nitrogens with zero attached hydrogens (tertiary/aromatic N) is 2. The normalized spacial score (nSPS) is 22.5. The molecule has 1 aromatic heterocycles. The second-order valence-corrected chi connectivity index (χ2v) is 6.73. The Hall–Kier alpha value is -1.85. The fourth-order valence-corrected chi connectivity index (χ4v) is 2.48. The smallest absolute Gasteiger partial charge is 0.328 e. The van der Waals surface area contributed by atoms with Gasteiger partial charge in [0.15, 0.2) is 0 Å². The van der Waals surface area contributed by atoms with Gasteiger partial charge in [-0.1, -0.05) is 20.8 Å². The molecule has 6 heteroatoms. The second kappa shape index (κ2) is 5.50. The Morgan fingerprint density at radius 1 is 1.48 bits per heavy atom. The lowest BCUT2D eigenvalue weighted by atomic mass is 9.86. The first-order valence-corrected chi connectivity index (χ1v) is 7.10. The standard InChI is InChI=1S/C15H23N3O3/c1-15(2,3)12(14(20)21-5)17-13(19)11-6-10(11)9-7-16-18(4)8-9/h7-8,10-12H,6H2,1-5H3,(H,17,19)/t10-,11-,12-/m0/s1. The fourth-order valence-electron chi connectivity index (χ4n) is 2.48. The quantitative estimate of drug-likeness (QED) is 0.847. The first-order chi connectivity index (χ1) is 9.74. The highest BCUT2D eigenvalue weighted by atomic mass is 16.5. The van der Waals surface area contributed by atoms with E-state index in [4.69, 9.17) is 4.74 Å². The number of hydrogen-bond donors (Lipinski definition) is 1. The van der Waals surface area contributed by atoms with Gasteiger partial charge >= 0.3 is 5.97 Å². The number of methoxy groups -OCH3 is 1. The molecule has 1 aliphatic rings. The Bertz CT molecular complexity index is 545. The van der Waals surface area contributed by atoms with E-state index in [0.29, 0.717) is 0 Å². The maximum atomic E-state index is 12.3. The number of amides is 1. The molecule has 0 aromatic carbocycles.